The van der Waals surface area contributed by atoms with Crippen LogP contribution in [-0.2, 0) is 4.74 Å². The molecule has 1 aromatic heterocycles. The number of piperidine rings is 1. The predicted octanol–water partition coefficient (Wildman–Crippen LogP) is 4.11. The normalized spacial score (nSPS) is 18.8. The molecule has 2 rings (SSSR count). The first kappa shape index (κ1) is 19.7. The Balaban J connectivity index is 2.02. The Kier molecular flexibility index (Phi) is 7.22. The van der Waals surface area contributed by atoms with Crippen molar-refractivity contribution in [3.63, 3.8) is 0 Å². The maximum absolute atomic E-state index is 13.6. The van der Waals surface area contributed by atoms with Crippen LogP contribution in [-0.4, -0.2) is 35.6 Å². The summed E-state index contributed by atoms with van der Waals surface area (Å²) in [7, 11) is 0. The van der Waals surface area contributed by atoms with E-state index in [1.807, 2.05) is 0 Å². The van der Waals surface area contributed by atoms with Gasteiger partial charge in [-0.1, -0.05) is 13.2 Å². The van der Waals surface area contributed by atoms with Gasteiger partial charge in [0.15, 0.2) is 11.6 Å². The highest BCUT2D eigenvalue weighted by molar-refractivity contribution is 7.09. The molecule has 1 unspecified atom stereocenters. The molecule has 1 aliphatic heterocycles. The third kappa shape index (κ3) is 4.71. The predicted molar refractivity (Wildman–Crippen MR) is 93.1 cm³/mol. The fourth-order valence-corrected chi connectivity index (χ4v) is 3.83. The zero-order valence-electron chi connectivity index (χ0n) is 13.8. The second kappa shape index (κ2) is 9.17. The zero-order chi connectivity index (χ0) is 18.4. The van der Waals surface area contributed by atoms with Gasteiger partial charge in [0.1, 0.15) is 11.8 Å². The van der Waals surface area contributed by atoms with Gasteiger partial charge in [-0.25, -0.2) is 18.2 Å². The highest BCUT2D eigenvalue weighted by atomic mass is 32.1. The van der Waals surface area contributed by atoms with E-state index in [-0.39, 0.29) is 30.1 Å². The van der Waals surface area contributed by atoms with Crippen molar-refractivity contribution in [2.24, 2.45) is 5.73 Å². The SMILES string of the molecule is C=C/C(F)=C(\C=C)OC1CCN(C(CN)c2scnc2C(F)F)CC1. The Morgan fingerprint density at radius 1 is 1.40 bits per heavy atom. The minimum Gasteiger partial charge on any atom is -0.487 e. The largest absolute Gasteiger partial charge is 0.487 e. The van der Waals surface area contributed by atoms with E-state index in [0.29, 0.717) is 30.8 Å². The molecule has 25 heavy (non-hydrogen) atoms. The smallest absolute Gasteiger partial charge is 0.281 e. The van der Waals surface area contributed by atoms with Crippen LogP contribution in [0.25, 0.3) is 0 Å². The van der Waals surface area contributed by atoms with E-state index in [1.54, 1.807) is 0 Å². The lowest BCUT2D eigenvalue weighted by Crippen LogP contribution is -2.41. The van der Waals surface area contributed by atoms with Crippen molar-refractivity contribution < 1.29 is 17.9 Å². The summed E-state index contributed by atoms with van der Waals surface area (Å²) in [4.78, 5) is 6.34. The van der Waals surface area contributed by atoms with Crippen molar-refractivity contribution >= 4 is 11.3 Å². The van der Waals surface area contributed by atoms with Crippen LogP contribution < -0.4 is 5.73 Å². The maximum atomic E-state index is 13.6. The standard InChI is InChI=1S/C17H22F3N3OS/c1-3-12(18)14(4-2)24-11-5-7-23(8-6-11)13(9-21)16-15(17(19)20)22-10-25-16/h3-4,10-11,13,17H,1-2,5-9,21H2/b14-12-. The lowest BCUT2D eigenvalue weighted by molar-refractivity contribution is 0.0379. The molecule has 0 amide bonds. The van der Waals surface area contributed by atoms with Crippen molar-refractivity contribution in [2.75, 3.05) is 19.6 Å². The van der Waals surface area contributed by atoms with Crippen LogP contribution in [0, 0.1) is 0 Å². The Labute approximate surface area is 149 Å². The minimum atomic E-state index is -2.61. The third-order valence-electron chi connectivity index (χ3n) is 4.17. The molecule has 1 atom stereocenters. The second-order valence-electron chi connectivity index (χ2n) is 5.63. The molecule has 0 saturated carbocycles. The van der Waals surface area contributed by atoms with E-state index in [4.69, 9.17) is 10.5 Å². The molecular formula is C17H22F3N3OS. The number of ether oxygens (including phenoxy) is 1. The van der Waals surface area contributed by atoms with Crippen LogP contribution in [0.4, 0.5) is 13.2 Å². The summed E-state index contributed by atoms with van der Waals surface area (Å²) in [5.74, 6) is -0.477. The highest BCUT2D eigenvalue weighted by Crippen LogP contribution is 2.34. The van der Waals surface area contributed by atoms with E-state index < -0.39 is 12.3 Å². The molecule has 0 bridgehead atoms. The van der Waals surface area contributed by atoms with E-state index in [1.165, 1.54) is 22.9 Å². The Morgan fingerprint density at radius 2 is 2.08 bits per heavy atom. The van der Waals surface area contributed by atoms with E-state index >= 15 is 0 Å². The minimum absolute atomic E-state index is 0.0752. The van der Waals surface area contributed by atoms with E-state index in [9.17, 15) is 13.2 Å². The van der Waals surface area contributed by atoms with Gasteiger partial charge in [0.25, 0.3) is 6.43 Å². The van der Waals surface area contributed by atoms with Gasteiger partial charge in [-0.3, -0.25) is 4.90 Å². The number of aromatic nitrogens is 1. The number of rotatable bonds is 8. The van der Waals surface area contributed by atoms with Crippen LogP contribution >= 0.6 is 11.3 Å². The molecule has 0 spiro atoms. The van der Waals surface area contributed by atoms with Crippen LogP contribution in [0.5, 0.6) is 0 Å². The number of nitrogens with zero attached hydrogens (tertiary/aromatic N) is 2. The summed E-state index contributed by atoms with van der Waals surface area (Å²) >= 11 is 1.20. The molecule has 2 N–H and O–H groups in total. The monoisotopic (exact) mass is 373 g/mol. The number of allylic oxidation sites excluding steroid dienone is 3. The zero-order valence-corrected chi connectivity index (χ0v) is 14.7. The molecule has 1 saturated heterocycles. The number of halogens is 3. The van der Waals surface area contributed by atoms with Gasteiger partial charge >= 0.3 is 0 Å². The molecule has 1 aromatic rings. The molecule has 8 heteroatoms. The molecule has 2 heterocycles. The van der Waals surface area contributed by atoms with Gasteiger partial charge in [0.2, 0.25) is 0 Å². The van der Waals surface area contributed by atoms with Gasteiger partial charge in [0, 0.05) is 19.6 Å². The lowest BCUT2D eigenvalue weighted by atomic mass is 10.0. The van der Waals surface area contributed by atoms with E-state index in [0.717, 1.165) is 6.08 Å². The number of alkyl halides is 2. The molecule has 1 fully saturated rings. The first-order valence-corrected chi connectivity index (χ1v) is 8.86. The van der Waals surface area contributed by atoms with Gasteiger partial charge < -0.3 is 10.5 Å². The van der Waals surface area contributed by atoms with E-state index in [2.05, 4.69) is 23.0 Å². The molecule has 4 nitrogen and oxygen atoms in total. The second-order valence-corrected chi connectivity index (χ2v) is 6.51. The summed E-state index contributed by atoms with van der Waals surface area (Å²) in [5.41, 5.74) is 7.07. The molecule has 0 aliphatic carbocycles. The number of likely N-dealkylation sites (tertiary alicyclic amines) is 1. The van der Waals surface area contributed by atoms with Crippen molar-refractivity contribution in [3.8, 4) is 0 Å². The summed E-state index contributed by atoms with van der Waals surface area (Å²) in [6.07, 6.45) is 0.898. The van der Waals surface area contributed by atoms with Crippen molar-refractivity contribution in [2.45, 2.75) is 31.4 Å². The maximum Gasteiger partial charge on any atom is 0.281 e. The molecule has 0 aromatic carbocycles. The average Bonchev–Trinajstić information content (AvgIpc) is 3.10. The Morgan fingerprint density at radius 3 is 2.60 bits per heavy atom. The topological polar surface area (TPSA) is 51.4 Å². The Bertz CT molecular complexity index is 624. The summed E-state index contributed by atoms with van der Waals surface area (Å²) < 4.78 is 45.4. The number of hydrogen-bond acceptors (Lipinski definition) is 5. The third-order valence-corrected chi connectivity index (χ3v) is 5.11. The van der Waals surface area contributed by atoms with Crippen LogP contribution in [0.1, 0.15) is 35.9 Å². The molecule has 0 radical (unpaired) electrons. The van der Waals surface area contributed by atoms with Gasteiger partial charge in [-0.15, -0.1) is 11.3 Å². The quantitative estimate of drug-likeness (QED) is 0.550. The summed E-state index contributed by atoms with van der Waals surface area (Å²) in [6.45, 7) is 8.38. The molecule has 1 aliphatic rings. The van der Waals surface area contributed by atoms with Crippen LogP contribution in [0.2, 0.25) is 0 Å². The first-order valence-electron chi connectivity index (χ1n) is 7.98. The van der Waals surface area contributed by atoms with Crippen molar-refractivity contribution in [1.29, 1.82) is 0 Å². The fourth-order valence-electron chi connectivity index (χ4n) is 2.89. The summed E-state index contributed by atoms with van der Waals surface area (Å²) in [5, 5.41) is 0. The van der Waals surface area contributed by atoms with Crippen LogP contribution in [0.15, 0.2) is 42.4 Å². The average molecular weight is 373 g/mol. The summed E-state index contributed by atoms with van der Waals surface area (Å²) in [6, 6.07) is -0.295. The first-order chi connectivity index (χ1) is 12.0. The number of thiazole rings is 1. The van der Waals surface area contributed by atoms with Gasteiger partial charge in [-0.2, -0.15) is 0 Å². The fraction of sp³-hybridized carbons (Fsp3) is 0.471. The highest BCUT2D eigenvalue weighted by Gasteiger charge is 2.31. The lowest BCUT2D eigenvalue weighted by Gasteiger charge is -2.37. The Hall–Kier alpha value is -1.64. The van der Waals surface area contributed by atoms with Gasteiger partial charge in [-0.05, 0) is 25.0 Å². The van der Waals surface area contributed by atoms with Crippen molar-refractivity contribution in [3.05, 3.63) is 53.0 Å². The number of nitrogens with two attached hydrogens (primary N) is 1. The van der Waals surface area contributed by atoms with Crippen LogP contribution in [0.3, 0.4) is 0 Å². The molecule has 138 valence electrons. The number of hydrogen-bond donors (Lipinski definition) is 1. The van der Waals surface area contributed by atoms with Gasteiger partial charge in [0.05, 0.1) is 16.4 Å². The van der Waals surface area contributed by atoms with Crippen molar-refractivity contribution in [1.82, 2.24) is 9.88 Å². The molecular weight excluding hydrogens is 351 g/mol.